The Balaban J connectivity index is 2.22. The predicted octanol–water partition coefficient (Wildman–Crippen LogP) is 3.85. The lowest BCUT2D eigenvalue weighted by molar-refractivity contribution is 0.102. The third-order valence-corrected chi connectivity index (χ3v) is 3.38. The van der Waals surface area contributed by atoms with E-state index in [1.54, 1.807) is 13.2 Å². The second-order valence-corrected chi connectivity index (χ2v) is 4.88. The van der Waals surface area contributed by atoms with Crippen molar-refractivity contribution in [3.8, 4) is 0 Å². The summed E-state index contributed by atoms with van der Waals surface area (Å²) in [6, 6.07) is 14.9. The highest BCUT2D eigenvalue weighted by Crippen LogP contribution is 2.20. The van der Waals surface area contributed by atoms with Gasteiger partial charge in [-0.3, -0.25) is 4.79 Å². The first-order chi connectivity index (χ1) is 9.22. The number of halogens is 1. The normalized spacial score (nSPS) is 10.2. The number of ether oxygens (including phenoxy) is 1. The molecule has 0 bridgehead atoms. The second-order valence-electron chi connectivity index (χ2n) is 4.02. The summed E-state index contributed by atoms with van der Waals surface area (Å²) in [4.78, 5) is 12.2. The molecule has 4 heteroatoms. The first-order valence-electron chi connectivity index (χ1n) is 5.85. The number of carbonyl (C=O) groups excluding carboxylic acids is 1. The van der Waals surface area contributed by atoms with Crippen molar-refractivity contribution in [2.45, 2.75) is 6.61 Å². The molecule has 0 atom stereocenters. The molecule has 3 nitrogen and oxygen atoms in total. The molecule has 0 radical (unpaired) electrons. The Morgan fingerprint density at radius 3 is 2.58 bits per heavy atom. The van der Waals surface area contributed by atoms with Gasteiger partial charge in [0.05, 0.1) is 12.2 Å². The van der Waals surface area contributed by atoms with E-state index in [1.807, 2.05) is 42.5 Å². The van der Waals surface area contributed by atoms with Crippen molar-refractivity contribution in [1.82, 2.24) is 0 Å². The van der Waals surface area contributed by atoms with Crippen molar-refractivity contribution >= 4 is 27.5 Å². The minimum absolute atomic E-state index is 0.143. The van der Waals surface area contributed by atoms with Crippen LogP contribution in [0.1, 0.15) is 15.9 Å². The van der Waals surface area contributed by atoms with E-state index in [0.717, 1.165) is 15.7 Å². The molecule has 0 aromatic heterocycles. The van der Waals surface area contributed by atoms with E-state index in [9.17, 15) is 4.79 Å². The standard InChI is InChI=1S/C15H14BrNO2/c1-19-10-11-6-2-5-9-14(11)17-15(18)12-7-3-4-8-13(12)16/h2-9H,10H2,1H3,(H,17,18). The lowest BCUT2D eigenvalue weighted by atomic mass is 10.1. The average molecular weight is 320 g/mol. The number of anilines is 1. The van der Waals surface area contributed by atoms with Gasteiger partial charge in [0.15, 0.2) is 0 Å². The Morgan fingerprint density at radius 1 is 1.16 bits per heavy atom. The van der Waals surface area contributed by atoms with Gasteiger partial charge in [-0.15, -0.1) is 0 Å². The molecule has 2 rings (SSSR count). The molecule has 1 amide bonds. The van der Waals surface area contributed by atoms with E-state index >= 15 is 0 Å². The van der Waals surface area contributed by atoms with Crippen molar-refractivity contribution < 1.29 is 9.53 Å². The van der Waals surface area contributed by atoms with Gasteiger partial charge < -0.3 is 10.1 Å². The summed E-state index contributed by atoms with van der Waals surface area (Å²) < 4.78 is 5.89. The van der Waals surface area contributed by atoms with E-state index < -0.39 is 0 Å². The number of benzene rings is 2. The molecule has 0 fully saturated rings. The molecule has 0 spiro atoms. The number of amides is 1. The maximum absolute atomic E-state index is 12.2. The summed E-state index contributed by atoms with van der Waals surface area (Å²) in [5.41, 5.74) is 2.32. The summed E-state index contributed by atoms with van der Waals surface area (Å²) >= 11 is 3.37. The third kappa shape index (κ3) is 3.43. The summed E-state index contributed by atoms with van der Waals surface area (Å²) in [5, 5.41) is 2.90. The molecule has 98 valence electrons. The lowest BCUT2D eigenvalue weighted by Crippen LogP contribution is -2.14. The zero-order valence-corrected chi connectivity index (χ0v) is 12.1. The van der Waals surface area contributed by atoms with Crippen LogP contribution in [0.5, 0.6) is 0 Å². The average Bonchev–Trinajstić information content (AvgIpc) is 2.41. The van der Waals surface area contributed by atoms with Crippen LogP contribution in [0.3, 0.4) is 0 Å². The maximum atomic E-state index is 12.2. The largest absolute Gasteiger partial charge is 0.380 e. The van der Waals surface area contributed by atoms with Crippen molar-refractivity contribution in [1.29, 1.82) is 0 Å². The number of carbonyl (C=O) groups is 1. The highest BCUT2D eigenvalue weighted by molar-refractivity contribution is 9.10. The van der Waals surface area contributed by atoms with Crippen LogP contribution >= 0.6 is 15.9 Å². The first-order valence-corrected chi connectivity index (χ1v) is 6.64. The minimum atomic E-state index is -0.143. The fourth-order valence-electron chi connectivity index (χ4n) is 1.76. The van der Waals surface area contributed by atoms with Gasteiger partial charge in [-0.1, -0.05) is 30.3 Å². The van der Waals surface area contributed by atoms with Crippen LogP contribution in [0, 0.1) is 0 Å². The zero-order valence-electron chi connectivity index (χ0n) is 10.5. The molecule has 2 aromatic carbocycles. The number of rotatable bonds is 4. The van der Waals surface area contributed by atoms with E-state index in [0.29, 0.717) is 12.2 Å². The Morgan fingerprint density at radius 2 is 1.84 bits per heavy atom. The summed E-state index contributed by atoms with van der Waals surface area (Å²) in [6.07, 6.45) is 0. The van der Waals surface area contributed by atoms with Crippen molar-refractivity contribution in [3.05, 3.63) is 64.1 Å². The van der Waals surface area contributed by atoms with Crippen LogP contribution in [0.2, 0.25) is 0 Å². The molecule has 0 aliphatic heterocycles. The van der Waals surface area contributed by atoms with E-state index in [4.69, 9.17) is 4.74 Å². The highest BCUT2D eigenvalue weighted by atomic mass is 79.9. The SMILES string of the molecule is COCc1ccccc1NC(=O)c1ccccc1Br. The molecule has 0 saturated carbocycles. The predicted molar refractivity (Wildman–Crippen MR) is 79.3 cm³/mol. The van der Waals surface area contributed by atoms with Crippen LogP contribution in [0.25, 0.3) is 0 Å². The molecule has 0 saturated heterocycles. The molecule has 0 unspecified atom stereocenters. The minimum Gasteiger partial charge on any atom is -0.380 e. The topological polar surface area (TPSA) is 38.3 Å². The van der Waals surface area contributed by atoms with Crippen LogP contribution in [-0.4, -0.2) is 13.0 Å². The van der Waals surface area contributed by atoms with E-state index in [2.05, 4.69) is 21.2 Å². The molecular formula is C15H14BrNO2. The molecule has 0 aliphatic carbocycles. The number of nitrogens with one attached hydrogen (secondary N) is 1. The van der Waals surface area contributed by atoms with Crippen LogP contribution < -0.4 is 5.32 Å². The summed E-state index contributed by atoms with van der Waals surface area (Å²) in [7, 11) is 1.63. The van der Waals surface area contributed by atoms with Gasteiger partial charge in [0, 0.05) is 22.8 Å². The number of hydrogen-bond acceptors (Lipinski definition) is 2. The summed E-state index contributed by atoms with van der Waals surface area (Å²) in [6.45, 7) is 0.465. The molecule has 19 heavy (non-hydrogen) atoms. The van der Waals surface area contributed by atoms with Gasteiger partial charge in [0.1, 0.15) is 0 Å². The molecule has 2 aromatic rings. The van der Waals surface area contributed by atoms with Gasteiger partial charge in [-0.25, -0.2) is 0 Å². The quantitative estimate of drug-likeness (QED) is 0.929. The fraction of sp³-hybridized carbons (Fsp3) is 0.133. The molecule has 1 N–H and O–H groups in total. The molecule has 0 aliphatic rings. The van der Waals surface area contributed by atoms with Gasteiger partial charge in [-0.2, -0.15) is 0 Å². The Labute approximate surface area is 120 Å². The van der Waals surface area contributed by atoms with Crippen LogP contribution in [-0.2, 0) is 11.3 Å². The zero-order chi connectivity index (χ0) is 13.7. The smallest absolute Gasteiger partial charge is 0.256 e. The van der Waals surface area contributed by atoms with Gasteiger partial charge >= 0.3 is 0 Å². The van der Waals surface area contributed by atoms with Gasteiger partial charge in [0.25, 0.3) is 5.91 Å². The Bertz CT molecular complexity index is 584. The van der Waals surface area contributed by atoms with E-state index in [-0.39, 0.29) is 5.91 Å². The first kappa shape index (κ1) is 13.8. The Hall–Kier alpha value is -1.65. The van der Waals surface area contributed by atoms with Crippen molar-refractivity contribution in [2.75, 3.05) is 12.4 Å². The lowest BCUT2D eigenvalue weighted by Gasteiger charge is -2.11. The maximum Gasteiger partial charge on any atom is 0.256 e. The second kappa shape index (κ2) is 6.50. The molecule has 0 heterocycles. The summed E-state index contributed by atoms with van der Waals surface area (Å²) in [5.74, 6) is -0.143. The van der Waals surface area contributed by atoms with Crippen LogP contribution in [0.4, 0.5) is 5.69 Å². The van der Waals surface area contributed by atoms with Gasteiger partial charge in [0.2, 0.25) is 0 Å². The van der Waals surface area contributed by atoms with Crippen molar-refractivity contribution in [2.24, 2.45) is 0 Å². The van der Waals surface area contributed by atoms with Crippen molar-refractivity contribution in [3.63, 3.8) is 0 Å². The number of hydrogen-bond donors (Lipinski definition) is 1. The molecular weight excluding hydrogens is 306 g/mol. The van der Waals surface area contributed by atoms with Gasteiger partial charge in [-0.05, 0) is 34.1 Å². The highest BCUT2D eigenvalue weighted by Gasteiger charge is 2.11. The fourth-order valence-corrected chi connectivity index (χ4v) is 2.22. The Kier molecular flexibility index (Phi) is 4.71. The number of para-hydroxylation sites is 1. The van der Waals surface area contributed by atoms with E-state index in [1.165, 1.54) is 0 Å². The number of methoxy groups -OCH3 is 1. The van der Waals surface area contributed by atoms with Crippen LogP contribution in [0.15, 0.2) is 53.0 Å². The third-order valence-electron chi connectivity index (χ3n) is 2.68. The monoisotopic (exact) mass is 319 g/mol.